The molecule has 0 unspecified atom stereocenters. The maximum Gasteiger partial charge on any atom is 0.318 e. The molecule has 1 aromatic heterocycles. The van der Waals surface area contributed by atoms with Gasteiger partial charge in [0, 0.05) is 31.5 Å². The highest BCUT2D eigenvalue weighted by molar-refractivity contribution is 5.74. The van der Waals surface area contributed by atoms with Crippen molar-refractivity contribution in [3.8, 4) is 0 Å². The van der Waals surface area contributed by atoms with Crippen LogP contribution in [0.5, 0.6) is 0 Å². The van der Waals surface area contributed by atoms with E-state index >= 15 is 0 Å². The molecule has 0 radical (unpaired) electrons. The van der Waals surface area contributed by atoms with Gasteiger partial charge < -0.3 is 14.8 Å². The van der Waals surface area contributed by atoms with Crippen LogP contribution < -0.4 is 5.32 Å². The number of urea groups is 1. The highest BCUT2D eigenvalue weighted by Crippen LogP contribution is 2.29. The van der Waals surface area contributed by atoms with Gasteiger partial charge in [-0.05, 0) is 25.0 Å². The third kappa shape index (κ3) is 2.52. The standard InChI is InChI=1S/C14H23N3O/c1-3-6-13-12-7-5-9-16(12)10-11-17(13)14(18)15-8-4-2/h5,7,9,13H,3-4,6,8,10-11H2,1-2H3,(H,15,18)/t13-/m1/s1. The van der Waals surface area contributed by atoms with E-state index in [2.05, 4.69) is 42.1 Å². The number of nitrogens with one attached hydrogen (secondary N) is 1. The number of hydrogen-bond acceptors (Lipinski definition) is 1. The molecule has 0 aliphatic carbocycles. The van der Waals surface area contributed by atoms with Crippen molar-refractivity contribution in [1.82, 2.24) is 14.8 Å². The van der Waals surface area contributed by atoms with Crippen LogP contribution in [0.3, 0.4) is 0 Å². The van der Waals surface area contributed by atoms with Gasteiger partial charge in [-0.3, -0.25) is 0 Å². The molecule has 4 nitrogen and oxygen atoms in total. The molecule has 0 fully saturated rings. The van der Waals surface area contributed by atoms with Gasteiger partial charge in [0.15, 0.2) is 0 Å². The molecule has 18 heavy (non-hydrogen) atoms. The molecule has 1 aliphatic heterocycles. The summed E-state index contributed by atoms with van der Waals surface area (Å²) in [6.07, 6.45) is 5.21. The first-order valence-corrected chi connectivity index (χ1v) is 6.97. The summed E-state index contributed by atoms with van der Waals surface area (Å²) in [7, 11) is 0. The Hall–Kier alpha value is -1.45. The Labute approximate surface area is 109 Å². The van der Waals surface area contributed by atoms with Gasteiger partial charge in [-0.25, -0.2) is 4.79 Å². The quantitative estimate of drug-likeness (QED) is 0.875. The summed E-state index contributed by atoms with van der Waals surface area (Å²) in [4.78, 5) is 14.2. The molecule has 0 saturated heterocycles. The Balaban J connectivity index is 2.13. The Kier molecular flexibility index (Phi) is 4.28. The lowest BCUT2D eigenvalue weighted by Crippen LogP contribution is -2.47. The van der Waals surface area contributed by atoms with Crippen molar-refractivity contribution in [3.63, 3.8) is 0 Å². The summed E-state index contributed by atoms with van der Waals surface area (Å²) in [5.41, 5.74) is 1.27. The first kappa shape index (κ1) is 13.0. The normalized spacial score (nSPS) is 18.6. The minimum atomic E-state index is 0.0859. The van der Waals surface area contributed by atoms with Gasteiger partial charge in [-0.15, -0.1) is 0 Å². The third-order valence-electron chi connectivity index (χ3n) is 3.51. The van der Waals surface area contributed by atoms with E-state index in [-0.39, 0.29) is 12.1 Å². The lowest BCUT2D eigenvalue weighted by Gasteiger charge is -2.37. The number of fused-ring (bicyclic) bond motifs is 1. The van der Waals surface area contributed by atoms with Crippen molar-refractivity contribution < 1.29 is 4.79 Å². The van der Waals surface area contributed by atoms with Crippen LogP contribution in [0.15, 0.2) is 18.3 Å². The number of nitrogens with zero attached hydrogens (tertiary/aromatic N) is 2. The highest BCUT2D eigenvalue weighted by atomic mass is 16.2. The van der Waals surface area contributed by atoms with Crippen molar-refractivity contribution in [2.45, 2.75) is 45.7 Å². The second-order valence-electron chi connectivity index (χ2n) is 4.86. The number of carbonyl (C=O) groups excluding carboxylic acids is 1. The first-order valence-electron chi connectivity index (χ1n) is 6.97. The fourth-order valence-electron chi connectivity index (χ4n) is 2.62. The van der Waals surface area contributed by atoms with E-state index in [0.29, 0.717) is 0 Å². The first-order chi connectivity index (χ1) is 8.77. The largest absolute Gasteiger partial charge is 0.348 e. The van der Waals surface area contributed by atoms with Crippen molar-refractivity contribution in [3.05, 3.63) is 24.0 Å². The van der Waals surface area contributed by atoms with Crippen LogP contribution in [0.1, 0.15) is 44.8 Å². The molecule has 0 saturated carbocycles. The Bertz CT molecular complexity index is 399. The van der Waals surface area contributed by atoms with Crippen LogP contribution in [0.2, 0.25) is 0 Å². The summed E-state index contributed by atoms with van der Waals surface area (Å²) in [6, 6.07) is 4.53. The van der Waals surface area contributed by atoms with Crippen LogP contribution in [0.25, 0.3) is 0 Å². The molecule has 0 aromatic carbocycles. The van der Waals surface area contributed by atoms with E-state index in [4.69, 9.17) is 0 Å². The topological polar surface area (TPSA) is 37.3 Å². The van der Waals surface area contributed by atoms with Crippen molar-refractivity contribution in [2.75, 3.05) is 13.1 Å². The van der Waals surface area contributed by atoms with E-state index in [1.54, 1.807) is 0 Å². The van der Waals surface area contributed by atoms with Crippen LogP contribution in [-0.2, 0) is 6.54 Å². The zero-order chi connectivity index (χ0) is 13.0. The van der Waals surface area contributed by atoms with E-state index in [9.17, 15) is 4.79 Å². The van der Waals surface area contributed by atoms with Crippen LogP contribution in [0.4, 0.5) is 4.79 Å². The predicted octanol–water partition coefficient (Wildman–Crippen LogP) is 2.76. The summed E-state index contributed by atoms with van der Waals surface area (Å²) in [5.74, 6) is 0. The van der Waals surface area contributed by atoms with Crippen molar-refractivity contribution >= 4 is 6.03 Å². The molecule has 2 amide bonds. The number of amides is 2. The number of hydrogen-bond donors (Lipinski definition) is 1. The van der Waals surface area contributed by atoms with Gasteiger partial charge in [-0.2, -0.15) is 0 Å². The molecule has 1 atom stereocenters. The van der Waals surface area contributed by atoms with Gasteiger partial charge in [0.05, 0.1) is 6.04 Å². The van der Waals surface area contributed by atoms with Gasteiger partial charge in [0.25, 0.3) is 0 Å². The smallest absolute Gasteiger partial charge is 0.318 e. The van der Waals surface area contributed by atoms with Crippen LogP contribution >= 0.6 is 0 Å². The van der Waals surface area contributed by atoms with Crippen LogP contribution in [-0.4, -0.2) is 28.6 Å². The third-order valence-corrected chi connectivity index (χ3v) is 3.51. The molecule has 1 N–H and O–H groups in total. The summed E-state index contributed by atoms with van der Waals surface area (Å²) < 4.78 is 2.27. The van der Waals surface area contributed by atoms with E-state index in [1.165, 1.54) is 5.69 Å². The summed E-state index contributed by atoms with van der Waals surface area (Å²) >= 11 is 0. The van der Waals surface area contributed by atoms with Gasteiger partial charge in [0.2, 0.25) is 0 Å². The average molecular weight is 249 g/mol. The van der Waals surface area contributed by atoms with E-state index < -0.39 is 0 Å². The van der Waals surface area contributed by atoms with E-state index in [1.807, 2.05) is 4.90 Å². The second kappa shape index (κ2) is 5.94. The van der Waals surface area contributed by atoms with Crippen molar-refractivity contribution in [1.29, 1.82) is 0 Å². The average Bonchev–Trinajstić information content (AvgIpc) is 2.85. The molecule has 4 heteroatoms. The van der Waals surface area contributed by atoms with Crippen LogP contribution in [0, 0.1) is 0 Å². The molecular formula is C14H23N3O. The minimum Gasteiger partial charge on any atom is -0.348 e. The summed E-state index contributed by atoms with van der Waals surface area (Å²) in [5, 5.41) is 2.99. The molecule has 1 aliphatic rings. The van der Waals surface area contributed by atoms with Gasteiger partial charge in [-0.1, -0.05) is 20.3 Å². The number of aromatic nitrogens is 1. The molecule has 0 bridgehead atoms. The zero-order valence-electron chi connectivity index (χ0n) is 11.4. The Morgan fingerprint density at radius 2 is 2.22 bits per heavy atom. The highest BCUT2D eigenvalue weighted by Gasteiger charge is 2.29. The van der Waals surface area contributed by atoms with Gasteiger partial charge >= 0.3 is 6.03 Å². The number of rotatable bonds is 4. The molecule has 1 aromatic rings. The summed E-state index contributed by atoms with van der Waals surface area (Å²) in [6.45, 7) is 6.72. The molecule has 100 valence electrons. The maximum atomic E-state index is 12.2. The maximum absolute atomic E-state index is 12.2. The fourth-order valence-corrected chi connectivity index (χ4v) is 2.62. The Morgan fingerprint density at radius 1 is 1.39 bits per heavy atom. The lowest BCUT2D eigenvalue weighted by atomic mass is 10.0. The predicted molar refractivity (Wildman–Crippen MR) is 72.5 cm³/mol. The zero-order valence-corrected chi connectivity index (χ0v) is 11.4. The molecular weight excluding hydrogens is 226 g/mol. The molecule has 2 rings (SSSR count). The monoisotopic (exact) mass is 249 g/mol. The lowest BCUT2D eigenvalue weighted by molar-refractivity contribution is 0.151. The number of carbonyl (C=O) groups is 1. The van der Waals surface area contributed by atoms with Crippen molar-refractivity contribution in [2.24, 2.45) is 0 Å². The minimum absolute atomic E-state index is 0.0859. The SMILES string of the molecule is CCCNC(=O)N1CCn2cccc2[C@H]1CCC. The fraction of sp³-hybridized carbons (Fsp3) is 0.643. The molecule has 2 heterocycles. The Morgan fingerprint density at radius 3 is 2.94 bits per heavy atom. The van der Waals surface area contributed by atoms with Gasteiger partial charge in [0.1, 0.15) is 0 Å². The molecule has 0 spiro atoms. The second-order valence-corrected chi connectivity index (χ2v) is 4.86. The van der Waals surface area contributed by atoms with E-state index in [0.717, 1.165) is 38.9 Å².